The number of anilines is 1. The van der Waals surface area contributed by atoms with Crippen LogP contribution in [0.25, 0.3) is 22.2 Å². The number of hydrogen-bond acceptors (Lipinski definition) is 7. The van der Waals surface area contributed by atoms with Crippen LogP contribution in [0.5, 0.6) is 0 Å². The number of nitrogens with one attached hydrogen (secondary N) is 1. The minimum absolute atomic E-state index is 0.132. The molecule has 33 heavy (non-hydrogen) atoms. The van der Waals surface area contributed by atoms with Crippen molar-refractivity contribution in [3.8, 4) is 11.1 Å². The number of aryl methyl sites for hydroxylation is 1. The van der Waals surface area contributed by atoms with Gasteiger partial charge in [-0.15, -0.1) is 0 Å². The van der Waals surface area contributed by atoms with Crippen LogP contribution in [0.4, 0.5) is 10.7 Å². The number of carbonyl (C=O) groups is 1. The third-order valence-electron chi connectivity index (χ3n) is 6.50. The number of aromatic nitrogens is 3. The minimum atomic E-state index is -3.32. The van der Waals surface area contributed by atoms with Crippen LogP contribution >= 0.6 is 0 Å². The summed E-state index contributed by atoms with van der Waals surface area (Å²) in [4.78, 5) is 34.9. The first-order chi connectivity index (χ1) is 15.7. The van der Waals surface area contributed by atoms with Gasteiger partial charge in [0.05, 0.1) is 4.90 Å². The second-order valence-electron chi connectivity index (χ2n) is 8.56. The van der Waals surface area contributed by atoms with E-state index in [2.05, 4.69) is 15.3 Å². The first-order valence-electron chi connectivity index (χ1n) is 10.6. The molecule has 0 spiro atoms. The second-order valence-corrected chi connectivity index (χ2v) is 10.6. The third-order valence-corrected chi connectivity index (χ3v) is 7.63. The third kappa shape index (κ3) is 3.71. The normalized spacial score (nSPS) is 21.8. The molecule has 2 aliphatic rings. The molecule has 1 amide bonds. The summed E-state index contributed by atoms with van der Waals surface area (Å²) in [5.74, 6) is 0.924. The van der Waals surface area contributed by atoms with Gasteiger partial charge in [0.2, 0.25) is 5.95 Å². The smallest absolute Gasteiger partial charge is 0.407 e. The van der Waals surface area contributed by atoms with Crippen LogP contribution in [0.1, 0.15) is 6.92 Å². The number of pyridine rings is 1. The minimum Gasteiger partial charge on any atom is -0.465 e. The van der Waals surface area contributed by atoms with Crippen LogP contribution in [0.15, 0.2) is 46.2 Å². The Morgan fingerprint density at radius 2 is 1.88 bits per heavy atom. The van der Waals surface area contributed by atoms with Crippen LogP contribution in [-0.4, -0.2) is 64.4 Å². The number of rotatable bonds is 5. The van der Waals surface area contributed by atoms with E-state index >= 15 is 0 Å². The quantitative estimate of drug-likeness (QED) is 0.579. The van der Waals surface area contributed by atoms with Gasteiger partial charge in [-0.25, -0.2) is 18.2 Å². The molecule has 2 N–H and O–H groups in total. The molecule has 0 radical (unpaired) electrons. The Morgan fingerprint density at radius 3 is 2.45 bits per heavy atom. The maximum absolute atomic E-state index is 13.2. The van der Waals surface area contributed by atoms with Crippen LogP contribution in [0.2, 0.25) is 0 Å². The van der Waals surface area contributed by atoms with Crippen molar-refractivity contribution in [3.63, 3.8) is 0 Å². The SMILES string of the molecule is CCn1c(=O)c(-c2ccc(S(C)(=O)=O)cc2)cc2cnc(NC3C4CN(C(=O)O)CC43)nc21. The second kappa shape index (κ2) is 7.55. The van der Waals surface area contributed by atoms with Crippen molar-refractivity contribution < 1.29 is 18.3 Å². The summed E-state index contributed by atoms with van der Waals surface area (Å²) >= 11 is 0. The average Bonchev–Trinajstić information content (AvgIpc) is 3.20. The zero-order valence-electron chi connectivity index (χ0n) is 18.1. The molecular weight excluding hydrogens is 446 g/mol. The highest BCUT2D eigenvalue weighted by Gasteiger charge is 2.57. The van der Waals surface area contributed by atoms with E-state index in [4.69, 9.17) is 5.11 Å². The molecule has 2 atom stereocenters. The van der Waals surface area contributed by atoms with E-state index in [9.17, 15) is 18.0 Å². The summed E-state index contributed by atoms with van der Waals surface area (Å²) in [6.07, 6.45) is 1.91. The molecule has 1 aliphatic carbocycles. The van der Waals surface area contributed by atoms with E-state index < -0.39 is 15.9 Å². The molecule has 5 rings (SSSR count). The lowest BCUT2D eigenvalue weighted by molar-refractivity contribution is 0.150. The van der Waals surface area contributed by atoms with Crippen molar-refractivity contribution in [1.82, 2.24) is 19.4 Å². The topological polar surface area (TPSA) is 134 Å². The number of carboxylic acid groups (broad SMARTS) is 1. The van der Waals surface area contributed by atoms with E-state index in [1.54, 1.807) is 29.0 Å². The van der Waals surface area contributed by atoms with Gasteiger partial charge in [0, 0.05) is 60.9 Å². The van der Waals surface area contributed by atoms with Gasteiger partial charge >= 0.3 is 6.09 Å². The molecular formula is C22H23N5O5S. The van der Waals surface area contributed by atoms with Crippen molar-refractivity contribution in [1.29, 1.82) is 0 Å². The van der Waals surface area contributed by atoms with E-state index in [0.717, 1.165) is 6.26 Å². The summed E-state index contributed by atoms with van der Waals surface area (Å²) in [6.45, 7) is 3.28. The Kier molecular flexibility index (Phi) is 4.89. The zero-order chi connectivity index (χ0) is 23.5. The van der Waals surface area contributed by atoms with Gasteiger partial charge in [0.25, 0.3) is 5.56 Å². The molecule has 11 heteroatoms. The summed E-state index contributed by atoms with van der Waals surface area (Å²) < 4.78 is 25.0. The number of amides is 1. The fourth-order valence-electron chi connectivity index (χ4n) is 4.66. The molecule has 10 nitrogen and oxygen atoms in total. The number of nitrogens with zero attached hydrogens (tertiary/aromatic N) is 4. The molecule has 2 unspecified atom stereocenters. The average molecular weight is 470 g/mol. The maximum atomic E-state index is 13.2. The largest absolute Gasteiger partial charge is 0.465 e. The summed E-state index contributed by atoms with van der Waals surface area (Å²) in [5.41, 5.74) is 1.35. The van der Waals surface area contributed by atoms with Gasteiger partial charge in [0.15, 0.2) is 9.84 Å². The Labute approximate surface area is 189 Å². The lowest BCUT2D eigenvalue weighted by Gasteiger charge is -2.17. The van der Waals surface area contributed by atoms with E-state index in [0.29, 0.717) is 47.7 Å². The Balaban J connectivity index is 1.45. The van der Waals surface area contributed by atoms with Crippen LogP contribution < -0.4 is 10.9 Å². The van der Waals surface area contributed by atoms with Crippen molar-refractivity contribution in [2.75, 3.05) is 24.7 Å². The molecule has 2 aromatic heterocycles. The lowest BCUT2D eigenvalue weighted by Crippen LogP contribution is -2.32. The van der Waals surface area contributed by atoms with Crippen molar-refractivity contribution in [2.24, 2.45) is 11.8 Å². The Hall–Kier alpha value is -3.47. The van der Waals surface area contributed by atoms with Gasteiger partial charge in [-0.1, -0.05) is 12.1 Å². The highest BCUT2D eigenvalue weighted by Crippen LogP contribution is 2.46. The molecule has 1 saturated carbocycles. The standard InChI is InChI=1S/C22H23N5O5S/c1-3-27-19-13(8-15(20(27)28)12-4-6-14(7-5-12)33(2,31)32)9-23-21(25-19)24-18-16-10-26(22(29)30)11-17(16)18/h4-9,16-18H,3,10-11H2,1-2H3,(H,29,30)(H,23,24,25). The summed E-state index contributed by atoms with van der Waals surface area (Å²) in [5, 5.41) is 13.1. The molecule has 3 aromatic rings. The molecule has 1 aliphatic heterocycles. The number of likely N-dealkylation sites (tertiary alicyclic amines) is 1. The predicted octanol–water partition coefficient (Wildman–Crippen LogP) is 1.90. The van der Waals surface area contributed by atoms with Crippen molar-refractivity contribution >= 4 is 32.9 Å². The van der Waals surface area contributed by atoms with E-state index in [1.807, 2.05) is 6.92 Å². The van der Waals surface area contributed by atoms with E-state index in [-0.39, 0.29) is 28.3 Å². The van der Waals surface area contributed by atoms with E-state index in [1.165, 1.54) is 17.0 Å². The number of piperidine rings is 1. The predicted molar refractivity (Wildman–Crippen MR) is 122 cm³/mol. The maximum Gasteiger partial charge on any atom is 0.407 e. The Bertz CT molecular complexity index is 1420. The Morgan fingerprint density at radius 1 is 1.21 bits per heavy atom. The van der Waals surface area contributed by atoms with Gasteiger partial charge in [0.1, 0.15) is 5.65 Å². The van der Waals surface area contributed by atoms with Gasteiger partial charge in [-0.3, -0.25) is 9.36 Å². The first kappa shape index (κ1) is 21.4. The monoisotopic (exact) mass is 469 g/mol. The molecule has 1 aromatic carbocycles. The zero-order valence-corrected chi connectivity index (χ0v) is 18.9. The lowest BCUT2D eigenvalue weighted by atomic mass is 10.1. The van der Waals surface area contributed by atoms with Gasteiger partial charge in [-0.2, -0.15) is 4.98 Å². The van der Waals surface area contributed by atoms with Crippen molar-refractivity contribution in [3.05, 3.63) is 46.9 Å². The fourth-order valence-corrected chi connectivity index (χ4v) is 5.29. The van der Waals surface area contributed by atoms with Crippen LogP contribution in [0.3, 0.4) is 0 Å². The molecule has 2 fully saturated rings. The fraction of sp³-hybridized carbons (Fsp3) is 0.364. The highest BCUT2D eigenvalue weighted by molar-refractivity contribution is 7.90. The number of hydrogen-bond donors (Lipinski definition) is 2. The van der Waals surface area contributed by atoms with Gasteiger partial charge < -0.3 is 15.3 Å². The number of benzene rings is 1. The molecule has 172 valence electrons. The van der Waals surface area contributed by atoms with Crippen molar-refractivity contribution in [2.45, 2.75) is 24.4 Å². The molecule has 3 heterocycles. The van der Waals surface area contributed by atoms with Crippen LogP contribution in [-0.2, 0) is 16.4 Å². The van der Waals surface area contributed by atoms with Gasteiger partial charge in [-0.05, 0) is 30.7 Å². The van der Waals surface area contributed by atoms with Crippen LogP contribution in [0, 0.1) is 11.8 Å². The molecule has 0 bridgehead atoms. The summed E-state index contributed by atoms with van der Waals surface area (Å²) in [7, 11) is -3.32. The number of sulfone groups is 1. The number of fused-ring (bicyclic) bond motifs is 2. The summed E-state index contributed by atoms with van der Waals surface area (Å²) in [6, 6.07) is 8.09. The first-order valence-corrected chi connectivity index (χ1v) is 12.5. The molecule has 1 saturated heterocycles. The highest BCUT2D eigenvalue weighted by atomic mass is 32.2.